The van der Waals surface area contributed by atoms with Crippen LogP contribution < -0.4 is 5.43 Å². The molecule has 1 heterocycles. The van der Waals surface area contributed by atoms with E-state index in [0.29, 0.717) is 5.69 Å². The third-order valence-corrected chi connectivity index (χ3v) is 3.95. The number of rotatable bonds is 3. The molecule has 4 heteroatoms. The Balaban J connectivity index is 2.37. The molecule has 0 saturated carbocycles. The molecule has 0 atom stereocenters. The summed E-state index contributed by atoms with van der Waals surface area (Å²) in [6.45, 7) is 0. The Labute approximate surface area is 140 Å². The van der Waals surface area contributed by atoms with Crippen LogP contribution in [0.2, 0.25) is 0 Å². The minimum absolute atomic E-state index is 0.0471. The lowest BCUT2D eigenvalue weighted by atomic mass is 10.0. The minimum Gasteiger partial charge on any atom is -0.465 e. The van der Waals surface area contributed by atoms with Gasteiger partial charge in [0.15, 0.2) is 5.43 Å². The molecule has 0 saturated heterocycles. The Morgan fingerprint density at radius 1 is 0.917 bits per heavy atom. The summed E-state index contributed by atoms with van der Waals surface area (Å²) < 4.78 is 6.69. The van der Waals surface area contributed by atoms with Crippen LogP contribution in [-0.2, 0) is 11.8 Å². The van der Waals surface area contributed by atoms with Crippen molar-refractivity contribution in [3.8, 4) is 22.5 Å². The normalized spacial score (nSPS) is 10.4. The third-order valence-electron chi connectivity index (χ3n) is 3.95. The number of pyridine rings is 1. The van der Waals surface area contributed by atoms with Crippen molar-refractivity contribution in [1.82, 2.24) is 4.57 Å². The first-order valence-electron chi connectivity index (χ1n) is 7.56. The van der Waals surface area contributed by atoms with Crippen LogP contribution in [0, 0.1) is 0 Å². The molecule has 1 aromatic heterocycles. The van der Waals surface area contributed by atoms with Gasteiger partial charge in [-0.2, -0.15) is 0 Å². The highest BCUT2D eigenvalue weighted by Gasteiger charge is 2.22. The minimum atomic E-state index is -0.630. The van der Waals surface area contributed by atoms with Gasteiger partial charge in [0.2, 0.25) is 0 Å². The topological polar surface area (TPSA) is 48.3 Å². The van der Waals surface area contributed by atoms with E-state index in [-0.39, 0.29) is 11.0 Å². The molecule has 0 aliphatic heterocycles. The fraction of sp³-hybridized carbons (Fsp3) is 0.100. The summed E-state index contributed by atoms with van der Waals surface area (Å²) in [6.07, 6.45) is 0. The quantitative estimate of drug-likeness (QED) is 0.694. The maximum Gasteiger partial charge on any atom is 0.344 e. The number of esters is 1. The van der Waals surface area contributed by atoms with Gasteiger partial charge in [-0.05, 0) is 11.1 Å². The average Bonchev–Trinajstić information content (AvgIpc) is 2.63. The Morgan fingerprint density at radius 2 is 1.46 bits per heavy atom. The molecule has 3 rings (SSSR count). The van der Waals surface area contributed by atoms with Gasteiger partial charge in [-0.1, -0.05) is 60.7 Å². The lowest BCUT2D eigenvalue weighted by Crippen LogP contribution is -2.22. The molecule has 0 radical (unpaired) electrons. The lowest BCUT2D eigenvalue weighted by Gasteiger charge is -2.18. The molecule has 2 aromatic carbocycles. The zero-order valence-corrected chi connectivity index (χ0v) is 13.5. The van der Waals surface area contributed by atoms with Crippen molar-refractivity contribution in [2.24, 2.45) is 7.05 Å². The Hall–Kier alpha value is -3.14. The number of nitrogens with zero attached hydrogens (tertiary/aromatic N) is 1. The molecule has 4 nitrogen and oxygen atoms in total. The molecular formula is C20H17NO3. The average molecular weight is 319 g/mol. The zero-order valence-electron chi connectivity index (χ0n) is 13.5. The summed E-state index contributed by atoms with van der Waals surface area (Å²) in [5.74, 6) is -0.630. The van der Waals surface area contributed by atoms with E-state index in [1.807, 2.05) is 72.3 Å². The van der Waals surface area contributed by atoms with Gasteiger partial charge in [-0.3, -0.25) is 4.79 Å². The Bertz CT molecular complexity index is 928. The summed E-state index contributed by atoms with van der Waals surface area (Å²) >= 11 is 0. The van der Waals surface area contributed by atoms with E-state index in [2.05, 4.69) is 0 Å². The van der Waals surface area contributed by atoms with Gasteiger partial charge >= 0.3 is 5.97 Å². The van der Waals surface area contributed by atoms with E-state index >= 15 is 0 Å². The standard InChI is InChI=1S/C20H17NO3/c1-21-16(14-9-5-3-6-10-14)13-17(22)18(20(23)24-2)19(21)15-11-7-4-8-12-15/h3-13H,1-2H3. The van der Waals surface area contributed by atoms with E-state index in [4.69, 9.17) is 4.74 Å². The van der Waals surface area contributed by atoms with Crippen LogP contribution in [0.5, 0.6) is 0 Å². The fourth-order valence-electron chi connectivity index (χ4n) is 2.82. The van der Waals surface area contributed by atoms with Gasteiger partial charge in [0.05, 0.1) is 18.5 Å². The van der Waals surface area contributed by atoms with E-state index in [9.17, 15) is 9.59 Å². The second-order valence-corrected chi connectivity index (χ2v) is 5.40. The summed E-state index contributed by atoms with van der Waals surface area (Å²) in [5, 5.41) is 0. The SMILES string of the molecule is COC(=O)c1c(-c2ccccc2)n(C)c(-c2ccccc2)cc1=O. The van der Waals surface area contributed by atoms with Crippen LogP contribution in [0.25, 0.3) is 22.5 Å². The molecule has 120 valence electrons. The number of ether oxygens (including phenoxy) is 1. The van der Waals surface area contributed by atoms with E-state index in [1.54, 1.807) is 0 Å². The van der Waals surface area contributed by atoms with Crippen LogP contribution in [0.4, 0.5) is 0 Å². The first-order valence-corrected chi connectivity index (χ1v) is 7.56. The van der Waals surface area contributed by atoms with Crippen molar-refractivity contribution in [2.45, 2.75) is 0 Å². The second-order valence-electron chi connectivity index (χ2n) is 5.40. The highest BCUT2D eigenvalue weighted by atomic mass is 16.5. The van der Waals surface area contributed by atoms with Gasteiger partial charge in [-0.15, -0.1) is 0 Å². The monoisotopic (exact) mass is 319 g/mol. The van der Waals surface area contributed by atoms with Crippen LogP contribution in [0.15, 0.2) is 71.5 Å². The van der Waals surface area contributed by atoms with E-state index in [1.165, 1.54) is 13.2 Å². The fourth-order valence-corrected chi connectivity index (χ4v) is 2.82. The summed E-state index contributed by atoms with van der Waals surface area (Å²) in [4.78, 5) is 24.8. The number of carbonyl (C=O) groups is 1. The van der Waals surface area contributed by atoms with Gasteiger partial charge in [-0.25, -0.2) is 4.79 Å². The molecule has 0 unspecified atom stereocenters. The summed E-state index contributed by atoms with van der Waals surface area (Å²) in [5.41, 5.74) is 2.69. The highest BCUT2D eigenvalue weighted by molar-refractivity contribution is 5.96. The van der Waals surface area contributed by atoms with Crippen LogP contribution in [0.3, 0.4) is 0 Å². The molecule has 0 aliphatic rings. The van der Waals surface area contributed by atoms with Crippen LogP contribution in [0.1, 0.15) is 10.4 Å². The summed E-state index contributed by atoms with van der Waals surface area (Å²) in [7, 11) is 3.12. The molecule has 24 heavy (non-hydrogen) atoms. The molecule has 0 aliphatic carbocycles. The van der Waals surface area contributed by atoms with Crippen molar-refractivity contribution in [3.63, 3.8) is 0 Å². The van der Waals surface area contributed by atoms with E-state index < -0.39 is 5.97 Å². The van der Waals surface area contributed by atoms with Crippen molar-refractivity contribution in [1.29, 1.82) is 0 Å². The number of aromatic nitrogens is 1. The molecule has 0 amide bonds. The molecular weight excluding hydrogens is 302 g/mol. The number of benzene rings is 2. The second kappa shape index (κ2) is 6.54. The molecule has 3 aromatic rings. The molecule has 0 fully saturated rings. The largest absolute Gasteiger partial charge is 0.465 e. The highest BCUT2D eigenvalue weighted by Crippen LogP contribution is 2.27. The lowest BCUT2D eigenvalue weighted by molar-refractivity contribution is 0.0599. The van der Waals surface area contributed by atoms with Crippen molar-refractivity contribution >= 4 is 5.97 Å². The zero-order chi connectivity index (χ0) is 17.1. The molecule has 0 spiro atoms. The third kappa shape index (κ3) is 2.74. The number of hydrogen-bond acceptors (Lipinski definition) is 3. The molecule has 0 bridgehead atoms. The van der Waals surface area contributed by atoms with Crippen LogP contribution in [-0.4, -0.2) is 17.6 Å². The predicted octanol–water partition coefficient (Wildman–Crippen LogP) is 3.51. The Morgan fingerprint density at radius 3 is 2.00 bits per heavy atom. The van der Waals surface area contributed by atoms with Gasteiger partial charge in [0.25, 0.3) is 0 Å². The van der Waals surface area contributed by atoms with Gasteiger partial charge in [0.1, 0.15) is 5.56 Å². The van der Waals surface area contributed by atoms with Crippen LogP contribution >= 0.6 is 0 Å². The van der Waals surface area contributed by atoms with E-state index in [0.717, 1.165) is 16.8 Å². The summed E-state index contributed by atoms with van der Waals surface area (Å²) in [6, 6.07) is 20.5. The van der Waals surface area contributed by atoms with Crippen molar-refractivity contribution < 1.29 is 9.53 Å². The number of methoxy groups -OCH3 is 1. The maximum absolute atomic E-state index is 12.6. The number of carbonyl (C=O) groups excluding carboxylic acids is 1. The predicted molar refractivity (Wildman–Crippen MR) is 93.9 cm³/mol. The number of hydrogen-bond donors (Lipinski definition) is 0. The first-order chi connectivity index (χ1) is 11.6. The van der Waals surface area contributed by atoms with Gasteiger partial charge < -0.3 is 9.30 Å². The maximum atomic E-state index is 12.6. The van der Waals surface area contributed by atoms with Crippen molar-refractivity contribution in [3.05, 3.63) is 82.5 Å². The van der Waals surface area contributed by atoms with Gasteiger partial charge in [0, 0.05) is 13.1 Å². The smallest absolute Gasteiger partial charge is 0.344 e. The molecule has 0 N–H and O–H groups in total. The Kier molecular flexibility index (Phi) is 4.29. The first kappa shape index (κ1) is 15.7. The van der Waals surface area contributed by atoms with Crippen molar-refractivity contribution in [2.75, 3.05) is 7.11 Å².